The molecule has 10 heteroatoms. The maximum absolute atomic E-state index is 13.9. The Morgan fingerprint density at radius 1 is 1.00 bits per heavy atom. The van der Waals surface area contributed by atoms with Crippen molar-refractivity contribution < 1.29 is 23.7 Å². The van der Waals surface area contributed by atoms with Gasteiger partial charge in [0.25, 0.3) is 5.91 Å². The van der Waals surface area contributed by atoms with Crippen molar-refractivity contribution >= 4 is 28.1 Å². The van der Waals surface area contributed by atoms with Crippen LogP contribution in [0.25, 0.3) is 0 Å². The summed E-state index contributed by atoms with van der Waals surface area (Å²) in [6.07, 6.45) is 2.03. The quantitative estimate of drug-likeness (QED) is 0.199. The van der Waals surface area contributed by atoms with E-state index in [2.05, 4.69) is 22.5 Å². The number of likely N-dealkylation sites (N-methyl/N-ethyl adjacent to an activating group) is 1. The monoisotopic (exact) mass is 608 g/mol. The average molecular weight is 609 g/mol. The molecule has 2 aliphatic heterocycles. The molecule has 9 nitrogen and oxygen atoms in total. The van der Waals surface area contributed by atoms with Crippen molar-refractivity contribution in [2.24, 2.45) is 0 Å². The SMILES string of the molecule is CCN1CCc2c1cc(C(=O)N[C@@H](Cc1ccccc1)[C@H](O)CNCc1cccc(OC)c1)cc2N1CCCCS1(O)O. The van der Waals surface area contributed by atoms with E-state index in [1.54, 1.807) is 17.5 Å². The first-order valence-corrected chi connectivity index (χ1v) is 16.8. The molecule has 5 N–H and O–H groups in total. The van der Waals surface area contributed by atoms with E-state index in [0.29, 0.717) is 30.8 Å². The van der Waals surface area contributed by atoms with Crippen LogP contribution in [0.1, 0.15) is 46.8 Å². The van der Waals surface area contributed by atoms with Gasteiger partial charge in [-0.25, -0.2) is 0 Å². The van der Waals surface area contributed by atoms with Gasteiger partial charge in [-0.1, -0.05) is 42.5 Å². The topological polar surface area (TPSA) is 118 Å². The molecule has 0 aromatic heterocycles. The van der Waals surface area contributed by atoms with E-state index >= 15 is 0 Å². The van der Waals surface area contributed by atoms with Gasteiger partial charge >= 0.3 is 0 Å². The van der Waals surface area contributed by atoms with Gasteiger partial charge in [-0.05, 0) is 68.0 Å². The normalized spacial score (nSPS) is 18.1. The third kappa shape index (κ3) is 7.45. The molecule has 1 amide bonds. The Bertz CT molecular complexity index is 1390. The second-order valence-electron chi connectivity index (χ2n) is 11.3. The number of carbonyl (C=O) groups is 1. The number of ether oxygens (including phenoxy) is 1. The van der Waals surface area contributed by atoms with Crippen LogP contribution in [0, 0.1) is 0 Å². The van der Waals surface area contributed by atoms with E-state index in [1.165, 1.54) is 0 Å². The van der Waals surface area contributed by atoms with Crippen LogP contribution < -0.4 is 24.6 Å². The minimum atomic E-state index is -2.95. The smallest absolute Gasteiger partial charge is 0.251 e. The van der Waals surface area contributed by atoms with Gasteiger partial charge < -0.3 is 25.4 Å². The number of nitrogens with zero attached hydrogens (tertiary/aromatic N) is 2. The lowest BCUT2D eigenvalue weighted by molar-refractivity contribution is 0.0830. The molecular weight excluding hydrogens is 564 g/mol. The predicted octanol–water partition coefficient (Wildman–Crippen LogP) is 4.84. The average Bonchev–Trinajstić information content (AvgIpc) is 3.44. The highest BCUT2D eigenvalue weighted by atomic mass is 32.3. The standard InChI is InChI=1S/C33H44N4O5S/c1-3-36-16-14-28-30(36)20-26(21-31(28)37-15-7-8-17-43(37,40)41)33(39)35-29(19-24-10-5-4-6-11-24)32(38)23-34-22-25-12-9-13-27(18-25)42-2/h4-6,9-13,18,20-21,29,32,34,38,40-41H,3,7-8,14-17,19,22-23H2,1-2H3,(H,35,39)/t29-,32+/m0/s1. The predicted molar refractivity (Wildman–Crippen MR) is 174 cm³/mol. The molecule has 2 atom stereocenters. The summed E-state index contributed by atoms with van der Waals surface area (Å²) in [6.45, 7) is 5.07. The highest BCUT2D eigenvalue weighted by Crippen LogP contribution is 2.52. The second-order valence-corrected chi connectivity index (χ2v) is 13.4. The van der Waals surface area contributed by atoms with E-state index < -0.39 is 22.9 Å². The van der Waals surface area contributed by atoms with Crippen LogP contribution >= 0.6 is 10.8 Å². The minimum absolute atomic E-state index is 0.280. The number of carbonyl (C=O) groups excluding carboxylic acids is 1. The van der Waals surface area contributed by atoms with Gasteiger partial charge in [-0.2, -0.15) is 0 Å². The zero-order valence-electron chi connectivity index (χ0n) is 25.0. The van der Waals surface area contributed by atoms with E-state index in [0.717, 1.165) is 66.2 Å². The first-order valence-electron chi connectivity index (χ1n) is 15.1. The first-order chi connectivity index (χ1) is 20.8. The van der Waals surface area contributed by atoms with Crippen LogP contribution in [0.3, 0.4) is 0 Å². The maximum atomic E-state index is 13.9. The number of benzene rings is 3. The number of rotatable bonds is 12. The van der Waals surface area contributed by atoms with Gasteiger partial charge in [-0.3, -0.25) is 18.2 Å². The van der Waals surface area contributed by atoms with E-state index in [4.69, 9.17) is 4.74 Å². The van der Waals surface area contributed by atoms with Crippen molar-refractivity contribution in [3.63, 3.8) is 0 Å². The summed E-state index contributed by atoms with van der Waals surface area (Å²) in [5, 5.41) is 17.8. The number of amides is 1. The molecule has 5 rings (SSSR count). The Morgan fingerprint density at radius 3 is 2.51 bits per heavy atom. The second kappa shape index (κ2) is 14.0. The highest BCUT2D eigenvalue weighted by molar-refractivity contribution is 8.25. The summed E-state index contributed by atoms with van der Waals surface area (Å²) < 4.78 is 28.9. The van der Waals surface area contributed by atoms with Crippen molar-refractivity contribution in [2.45, 2.75) is 51.3 Å². The minimum Gasteiger partial charge on any atom is -0.497 e. The third-order valence-electron chi connectivity index (χ3n) is 8.37. The molecule has 2 heterocycles. The zero-order chi connectivity index (χ0) is 30.4. The lowest BCUT2D eigenvalue weighted by Crippen LogP contribution is -2.48. The Hall–Kier alpha value is -3.28. The van der Waals surface area contributed by atoms with Crippen molar-refractivity contribution in [3.05, 3.63) is 89.0 Å². The van der Waals surface area contributed by atoms with Gasteiger partial charge in [0.15, 0.2) is 0 Å². The molecule has 0 radical (unpaired) electrons. The fraction of sp³-hybridized carbons (Fsp3) is 0.424. The van der Waals surface area contributed by atoms with E-state index in [9.17, 15) is 19.0 Å². The number of fused-ring (bicyclic) bond motifs is 1. The molecule has 0 saturated carbocycles. The van der Waals surface area contributed by atoms with Gasteiger partial charge in [-0.15, -0.1) is 10.8 Å². The van der Waals surface area contributed by atoms with Crippen LogP contribution in [-0.2, 0) is 19.4 Å². The third-order valence-corrected chi connectivity index (χ3v) is 10.3. The maximum Gasteiger partial charge on any atom is 0.251 e. The number of methoxy groups -OCH3 is 1. The number of hydrogen-bond acceptors (Lipinski definition) is 8. The molecule has 1 saturated heterocycles. The van der Waals surface area contributed by atoms with Crippen molar-refractivity contribution in [1.82, 2.24) is 10.6 Å². The van der Waals surface area contributed by atoms with Crippen molar-refractivity contribution in [2.75, 3.05) is 48.2 Å². The summed E-state index contributed by atoms with van der Waals surface area (Å²) in [4.78, 5) is 16.1. The van der Waals surface area contributed by atoms with Crippen LogP contribution in [0.15, 0.2) is 66.7 Å². The van der Waals surface area contributed by atoms with Crippen LogP contribution in [0.5, 0.6) is 5.75 Å². The molecule has 2 aliphatic rings. The molecule has 0 spiro atoms. The molecule has 0 aliphatic carbocycles. The zero-order valence-corrected chi connectivity index (χ0v) is 25.9. The fourth-order valence-electron chi connectivity index (χ4n) is 6.01. The number of nitrogens with one attached hydrogen (secondary N) is 2. The Morgan fingerprint density at radius 2 is 1.77 bits per heavy atom. The Kier molecular flexibility index (Phi) is 10.1. The summed E-state index contributed by atoms with van der Waals surface area (Å²) in [5.74, 6) is 0.813. The number of hydrogen-bond donors (Lipinski definition) is 5. The van der Waals surface area contributed by atoms with Crippen LogP contribution in [0.4, 0.5) is 11.4 Å². The summed E-state index contributed by atoms with van der Waals surface area (Å²) in [6, 6.07) is 20.7. The molecule has 0 bridgehead atoms. The lowest BCUT2D eigenvalue weighted by atomic mass is 9.99. The van der Waals surface area contributed by atoms with E-state index in [-0.39, 0.29) is 12.5 Å². The molecule has 1 fully saturated rings. The Balaban J connectivity index is 1.37. The summed E-state index contributed by atoms with van der Waals surface area (Å²) in [7, 11) is -1.32. The molecule has 43 heavy (non-hydrogen) atoms. The van der Waals surface area contributed by atoms with Crippen molar-refractivity contribution in [1.29, 1.82) is 0 Å². The van der Waals surface area contributed by atoms with E-state index in [1.807, 2.05) is 60.7 Å². The summed E-state index contributed by atoms with van der Waals surface area (Å²) in [5.41, 5.74) is 5.25. The summed E-state index contributed by atoms with van der Waals surface area (Å²) >= 11 is 0. The van der Waals surface area contributed by atoms with Gasteiger partial charge in [0, 0.05) is 49.5 Å². The van der Waals surface area contributed by atoms with Gasteiger partial charge in [0.1, 0.15) is 5.75 Å². The number of aliphatic hydroxyl groups excluding tert-OH is 1. The molecule has 232 valence electrons. The van der Waals surface area contributed by atoms with Crippen LogP contribution in [-0.4, -0.2) is 71.3 Å². The highest BCUT2D eigenvalue weighted by Gasteiger charge is 2.33. The van der Waals surface area contributed by atoms with Crippen molar-refractivity contribution in [3.8, 4) is 5.75 Å². The number of aliphatic hydroxyl groups is 1. The van der Waals surface area contributed by atoms with Gasteiger partial charge in [0.2, 0.25) is 0 Å². The van der Waals surface area contributed by atoms with Crippen LogP contribution in [0.2, 0.25) is 0 Å². The molecular formula is C33H44N4O5S. The lowest BCUT2D eigenvalue weighted by Gasteiger charge is -2.48. The first kappa shape index (κ1) is 31.2. The molecule has 3 aromatic rings. The van der Waals surface area contributed by atoms with Gasteiger partial charge in [0.05, 0.1) is 30.7 Å². The molecule has 0 unspecified atom stereocenters. The largest absolute Gasteiger partial charge is 0.497 e. The fourth-order valence-corrected chi connectivity index (χ4v) is 7.72. The Labute approximate surface area is 256 Å². The number of anilines is 2. The molecule has 3 aromatic carbocycles.